The van der Waals surface area contributed by atoms with Crippen molar-refractivity contribution in [2.75, 3.05) is 0 Å². The van der Waals surface area contributed by atoms with Gasteiger partial charge in [0.05, 0.1) is 6.10 Å². The summed E-state index contributed by atoms with van der Waals surface area (Å²) in [6, 6.07) is 4.22. The van der Waals surface area contributed by atoms with Crippen LogP contribution in [0.25, 0.3) is 0 Å². The Hall–Kier alpha value is -0.860. The zero-order valence-electron chi connectivity index (χ0n) is 8.42. The second-order valence-corrected chi connectivity index (χ2v) is 3.87. The summed E-state index contributed by atoms with van der Waals surface area (Å²) in [5.74, 6) is -0.357. The van der Waals surface area contributed by atoms with Gasteiger partial charge in [0, 0.05) is 5.02 Å². The van der Waals surface area contributed by atoms with Gasteiger partial charge in [-0.1, -0.05) is 23.7 Å². The smallest absolute Gasteiger partial charge is 0.124 e. The number of hydrogen-bond acceptors (Lipinski definition) is 1. The van der Waals surface area contributed by atoms with Crippen LogP contribution in [-0.2, 0) is 6.42 Å². The Morgan fingerprint density at radius 2 is 2.27 bits per heavy atom. The second-order valence-electron chi connectivity index (χ2n) is 3.46. The molecule has 1 N–H and O–H groups in total. The molecule has 1 aromatic carbocycles. The number of allylic oxidation sites excluding steroid dienone is 1. The van der Waals surface area contributed by atoms with Gasteiger partial charge in [0.1, 0.15) is 5.82 Å². The molecule has 1 atom stereocenters. The molecule has 0 saturated heterocycles. The Bertz CT molecular complexity index is 338. The number of hydrogen-bond donors (Lipinski definition) is 1. The lowest BCUT2D eigenvalue weighted by atomic mass is 10.0. The van der Waals surface area contributed by atoms with Crippen molar-refractivity contribution in [3.8, 4) is 0 Å². The molecule has 1 rings (SSSR count). The third-order valence-corrected chi connectivity index (χ3v) is 2.53. The minimum atomic E-state index is -0.453. The SMILES string of the molecule is C=CCCC(O)Cc1ccc(F)cc1Cl. The van der Waals surface area contributed by atoms with Gasteiger partial charge in [0.15, 0.2) is 0 Å². The van der Waals surface area contributed by atoms with Crippen LogP contribution >= 0.6 is 11.6 Å². The highest BCUT2D eigenvalue weighted by Gasteiger charge is 2.08. The van der Waals surface area contributed by atoms with E-state index in [1.165, 1.54) is 12.1 Å². The number of benzene rings is 1. The van der Waals surface area contributed by atoms with Crippen molar-refractivity contribution in [2.24, 2.45) is 0 Å². The number of aliphatic hydroxyl groups is 1. The Balaban J connectivity index is 2.59. The van der Waals surface area contributed by atoms with Gasteiger partial charge in [-0.2, -0.15) is 0 Å². The molecule has 0 saturated carbocycles. The van der Waals surface area contributed by atoms with E-state index < -0.39 is 6.10 Å². The molecular weight excluding hydrogens is 215 g/mol. The molecule has 3 heteroatoms. The van der Waals surface area contributed by atoms with E-state index in [0.717, 1.165) is 12.0 Å². The molecule has 1 unspecified atom stereocenters. The first-order valence-corrected chi connectivity index (χ1v) is 5.24. The number of halogens is 2. The van der Waals surface area contributed by atoms with E-state index in [-0.39, 0.29) is 5.82 Å². The molecule has 0 bridgehead atoms. The van der Waals surface area contributed by atoms with Crippen molar-refractivity contribution in [3.63, 3.8) is 0 Å². The van der Waals surface area contributed by atoms with Gasteiger partial charge in [0.25, 0.3) is 0 Å². The van der Waals surface area contributed by atoms with E-state index in [1.54, 1.807) is 12.1 Å². The van der Waals surface area contributed by atoms with Crippen molar-refractivity contribution in [1.29, 1.82) is 0 Å². The van der Waals surface area contributed by atoms with Crippen LogP contribution in [0, 0.1) is 5.82 Å². The van der Waals surface area contributed by atoms with Gasteiger partial charge in [-0.25, -0.2) is 4.39 Å². The average Bonchev–Trinajstić information content (AvgIpc) is 2.19. The molecule has 82 valence electrons. The fourth-order valence-corrected chi connectivity index (χ4v) is 1.60. The van der Waals surface area contributed by atoms with Crippen LogP contribution in [-0.4, -0.2) is 11.2 Å². The van der Waals surface area contributed by atoms with Crippen molar-refractivity contribution in [2.45, 2.75) is 25.4 Å². The molecule has 0 aliphatic rings. The average molecular weight is 229 g/mol. The van der Waals surface area contributed by atoms with Gasteiger partial charge in [-0.3, -0.25) is 0 Å². The van der Waals surface area contributed by atoms with E-state index in [1.807, 2.05) is 0 Å². The van der Waals surface area contributed by atoms with E-state index in [0.29, 0.717) is 17.9 Å². The van der Waals surface area contributed by atoms with Gasteiger partial charge in [-0.15, -0.1) is 6.58 Å². The molecule has 0 aliphatic heterocycles. The topological polar surface area (TPSA) is 20.2 Å². The van der Waals surface area contributed by atoms with Gasteiger partial charge in [-0.05, 0) is 37.0 Å². The van der Waals surface area contributed by atoms with E-state index in [2.05, 4.69) is 6.58 Å². The Kier molecular flexibility index (Phi) is 4.79. The Morgan fingerprint density at radius 1 is 1.53 bits per heavy atom. The zero-order chi connectivity index (χ0) is 11.3. The van der Waals surface area contributed by atoms with Crippen molar-refractivity contribution in [1.82, 2.24) is 0 Å². The van der Waals surface area contributed by atoms with Crippen LogP contribution in [0.15, 0.2) is 30.9 Å². The molecule has 0 aliphatic carbocycles. The molecule has 0 spiro atoms. The third-order valence-electron chi connectivity index (χ3n) is 2.17. The molecule has 1 nitrogen and oxygen atoms in total. The molecule has 1 aromatic rings. The largest absolute Gasteiger partial charge is 0.393 e. The monoisotopic (exact) mass is 228 g/mol. The van der Waals surface area contributed by atoms with Gasteiger partial charge >= 0.3 is 0 Å². The van der Waals surface area contributed by atoms with Crippen LogP contribution in [0.2, 0.25) is 5.02 Å². The molecule has 0 fully saturated rings. The predicted octanol–water partition coefficient (Wildman–Crippen LogP) is 3.35. The van der Waals surface area contributed by atoms with Gasteiger partial charge < -0.3 is 5.11 Å². The molecule has 0 amide bonds. The summed E-state index contributed by atoms with van der Waals surface area (Å²) in [4.78, 5) is 0. The lowest BCUT2D eigenvalue weighted by molar-refractivity contribution is 0.166. The van der Waals surface area contributed by atoms with E-state index in [4.69, 9.17) is 11.6 Å². The summed E-state index contributed by atoms with van der Waals surface area (Å²) < 4.78 is 12.7. The first-order chi connectivity index (χ1) is 7.13. The summed E-state index contributed by atoms with van der Waals surface area (Å²) in [5, 5.41) is 10.00. The molecule has 0 aromatic heterocycles. The zero-order valence-corrected chi connectivity index (χ0v) is 9.17. The van der Waals surface area contributed by atoms with Crippen LogP contribution in [0.1, 0.15) is 18.4 Å². The fraction of sp³-hybridized carbons (Fsp3) is 0.333. The minimum Gasteiger partial charge on any atom is -0.393 e. The third kappa shape index (κ3) is 4.02. The summed E-state index contributed by atoms with van der Waals surface area (Å²) in [6.45, 7) is 3.58. The maximum absolute atomic E-state index is 12.7. The quantitative estimate of drug-likeness (QED) is 0.767. The van der Waals surface area contributed by atoms with E-state index >= 15 is 0 Å². The highest BCUT2D eigenvalue weighted by Crippen LogP contribution is 2.19. The molecular formula is C12H14ClFO. The lowest BCUT2D eigenvalue weighted by Gasteiger charge is -2.10. The predicted molar refractivity (Wildman–Crippen MR) is 60.6 cm³/mol. The summed E-state index contributed by atoms with van der Waals surface area (Å²) >= 11 is 5.84. The van der Waals surface area contributed by atoms with Crippen LogP contribution in [0.4, 0.5) is 4.39 Å². The second kappa shape index (κ2) is 5.89. The van der Waals surface area contributed by atoms with Crippen LogP contribution < -0.4 is 0 Å². The first kappa shape index (κ1) is 12.2. The Labute approximate surface area is 94.2 Å². The molecule has 0 heterocycles. The highest BCUT2D eigenvalue weighted by atomic mass is 35.5. The number of rotatable bonds is 5. The van der Waals surface area contributed by atoms with Crippen LogP contribution in [0.3, 0.4) is 0 Å². The minimum absolute atomic E-state index is 0.357. The lowest BCUT2D eigenvalue weighted by Crippen LogP contribution is -2.10. The highest BCUT2D eigenvalue weighted by molar-refractivity contribution is 6.31. The summed E-state index contributed by atoms with van der Waals surface area (Å²) in [5.41, 5.74) is 0.773. The molecule has 0 radical (unpaired) electrons. The molecule has 15 heavy (non-hydrogen) atoms. The maximum Gasteiger partial charge on any atom is 0.124 e. The van der Waals surface area contributed by atoms with Gasteiger partial charge in [0.2, 0.25) is 0 Å². The van der Waals surface area contributed by atoms with Crippen molar-refractivity contribution >= 4 is 11.6 Å². The van der Waals surface area contributed by atoms with Crippen molar-refractivity contribution in [3.05, 3.63) is 47.3 Å². The number of aliphatic hydroxyl groups excluding tert-OH is 1. The standard InChI is InChI=1S/C12H14ClFO/c1-2-3-4-11(15)7-9-5-6-10(14)8-12(9)13/h2,5-6,8,11,15H,1,3-4,7H2. The maximum atomic E-state index is 12.7. The van der Waals surface area contributed by atoms with Crippen molar-refractivity contribution < 1.29 is 9.50 Å². The van der Waals surface area contributed by atoms with Crippen LogP contribution in [0.5, 0.6) is 0 Å². The Morgan fingerprint density at radius 3 is 2.87 bits per heavy atom. The summed E-state index contributed by atoms with van der Waals surface area (Å²) in [7, 11) is 0. The normalized spacial score (nSPS) is 12.5. The van der Waals surface area contributed by atoms with E-state index in [9.17, 15) is 9.50 Å². The fourth-order valence-electron chi connectivity index (χ4n) is 1.35. The summed E-state index contributed by atoms with van der Waals surface area (Å²) in [6.07, 6.45) is 3.17. The first-order valence-electron chi connectivity index (χ1n) is 4.86.